The number of anilines is 1. The van der Waals surface area contributed by atoms with Crippen molar-refractivity contribution in [3.05, 3.63) is 102 Å². The van der Waals surface area contributed by atoms with Crippen LogP contribution in [0, 0.1) is 0 Å². The first-order valence-electron chi connectivity index (χ1n) is 15.8. The van der Waals surface area contributed by atoms with Gasteiger partial charge in [-0.3, -0.25) is 0 Å². The van der Waals surface area contributed by atoms with Gasteiger partial charge >= 0.3 is 5.97 Å². The fraction of sp³-hybridized carbons (Fsp3) is 0.343. The van der Waals surface area contributed by atoms with Crippen LogP contribution in [-0.2, 0) is 21.9 Å². The number of allylic oxidation sites excluding steroid dienone is 1. The summed E-state index contributed by atoms with van der Waals surface area (Å²) in [5.74, 6) is 1.67. The van der Waals surface area contributed by atoms with Gasteiger partial charge in [0.15, 0.2) is 11.5 Å². The fourth-order valence-corrected chi connectivity index (χ4v) is 8.08. The number of rotatable bonds is 11. The highest BCUT2D eigenvalue weighted by molar-refractivity contribution is 9.10. The number of esters is 1. The zero-order valence-electron chi connectivity index (χ0n) is 26.4. The summed E-state index contributed by atoms with van der Waals surface area (Å²) in [5.41, 5.74) is 3.47. The van der Waals surface area contributed by atoms with Crippen LogP contribution >= 0.6 is 62.5 Å². The smallest absolute Gasteiger partial charge is 0.338 e. The number of aromatic nitrogens is 3. The van der Waals surface area contributed by atoms with Crippen molar-refractivity contribution in [2.24, 2.45) is 0 Å². The number of thioether (sulfide) groups is 1. The van der Waals surface area contributed by atoms with Crippen LogP contribution < -0.4 is 14.8 Å². The molecule has 1 N–H and O–H groups in total. The van der Waals surface area contributed by atoms with Gasteiger partial charge in [0, 0.05) is 32.1 Å². The predicted octanol–water partition coefficient (Wildman–Crippen LogP) is 10.4. The third-order valence-corrected chi connectivity index (χ3v) is 10.8. The third-order valence-electron chi connectivity index (χ3n) is 8.26. The molecule has 1 fully saturated rings. The van der Waals surface area contributed by atoms with Crippen LogP contribution in [0.3, 0.4) is 0 Å². The highest BCUT2D eigenvalue weighted by atomic mass is 79.9. The summed E-state index contributed by atoms with van der Waals surface area (Å²) in [6, 6.07) is 16.1. The summed E-state index contributed by atoms with van der Waals surface area (Å²) in [7, 11) is 0. The summed E-state index contributed by atoms with van der Waals surface area (Å²) in [6.45, 7) is 4.27. The molecule has 0 radical (unpaired) electrons. The number of carbonyl (C=O) groups is 1. The molecule has 0 saturated heterocycles. The zero-order chi connectivity index (χ0) is 33.8. The van der Waals surface area contributed by atoms with Gasteiger partial charge in [-0.1, -0.05) is 77.3 Å². The average molecular weight is 793 g/mol. The zero-order valence-corrected chi connectivity index (χ0v) is 31.1. The molecule has 1 saturated carbocycles. The topological polar surface area (TPSA) is 87.5 Å². The Hall–Kier alpha value is -2.89. The molecule has 0 spiro atoms. The third kappa shape index (κ3) is 7.78. The molecule has 8 nitrogen and oxygen atoms in total. The second-order valence-corrected chi connectivity index (χ2v) is 14.5. The van der Waals surface area contributed by atoms with E-state index >= 15 is 0 Å². The highest BCUT2D eigenvalue weighted by Gasteiger charge is 2.37. The van der Waals surface area contributed by atoms with Crippen LogP contribution in [-0.4, -0.2) is 33.4 Å². The Balaban J connectivity index is 1.37. The molecule has 3 aromatic carbocycles. The van der Waals surface area contributed by atoms with Crippen molar-refractivity contribution < 1.29 is 19.0 Å². The van der Waals surface area contributed by atoms with Crippen LogP contribution in [0.1, 0.15) is 68.7 Å². The first kappa shape index (κ1) is 35.0. The monoisotopic (exact) mass is 790 g/mol. The Morgan fingerprint density at radius 2 is 1.75 bits per heavy atom. The van der Waals surface area contributed by atoms with Crippen molar-refractivity contribution in [1.29, 1.82) is 0 Å². The molecule has 0 bridgehead atoms. The van der Waals surface area contributed by atoms with Crippen LogP contribution in [0.4, 0.5) is 5.95 Å². The van der Waals surface area contributed by atoms with Gasteiger partial charge < -0.3 is 19.5 Å². The maximum Gasteiger partial charge on any atom is 0.338 e. The largest absolute Gasteiger partial charge is 0.490 e. The summed E-state index contributed by atoms with van der Waals surface area (Å²) in [4.78, 5) is 18.8. The molecule has 1 aromatic heterocycles. The first-order valence-corrected chi connectivity index (χ1v) is 18.7. The standard InChI is InChI=1S/C35H34BrCl3N4O4S/c1-3-45-29-17-22(16-25(36)32(29)46-18-24-27(38)14-9-15-28(24)39)31-30(33(44)47-23-11-5-4-6-12-23)20(2)40-34-41-35(42-43(31)34)48-19-21-10-7-8-13-26(21)37/h7-10,13-17,23,31H,3-6,11-12,18-19H2,1-2H3,(H,40,41,42). The summed E-state index contributed by atoms with van der Waals surface area (Å²) >= 11 is 24.4. The maximum atomic E-state index is 14.0. The fourth-order valence-electron chi connectivity index (χ4n) is 5.88. The van der Waals surface area contributed by atoms with E-state index in [9.17, 15) is 4.79 Å². The Morgan fingerprint density at radius 3 is 2.48 bits per heavy atom. The lowest BCUT2D eigenvalue weighted by Gasteiger charge is -2.30. The quantitative estimate of drug-likeness (QED) is 0.119. The van der Waals surface area contributed by atoms with Crippen LogP contribution in [0.5, 0.6) is 11.5 Å². The molecule has 6 rings (SSSR count). The highest BCUT2D eigenvalue weighted by Crippen LogP contribution is 2.44. The van der Waals surface area contributed by atoms with Gasteiger partial charge in [0.05, 0.1) is 16.7 Å². The summed E-state index contributed by atoms with van der Waals surface area (Å²) in [5, 5.41) is 10.4. The number of benzene rings is 3. The van der Waals surface area contributed by atoms with E-state index in [1.165, 1.54) is 11.8 Å². The van der Waals surface area contributed by atoms with Crippen LogP contribution in [0.15, 0.2) is 75.5 Å². The normalized spacial score (nSPS) is 16.3. The lowest BCUT2D eigenvalue weighted by molar-refractivity contribution is -0.146. The number of nitrogens with one attached hydrogen (secondary N) is 1. The number of nitrogens with zero attached hydrogens (tertiary/aromatic N) is 3. The molecule has 13 heteroatoms. The molecule has 48 heavy (non-hydrogen) atoms. The van der Waals surface area contributed by atoms with Gasteiger partial charge in [0.2, 0.25) is 11.1 Å². The van der Waals surface area contributed by atoms with Crippen molar-refractivity contribution in [3.8, 4) is 11.5 Å². The molecule has 1 atom stereocenters. The van der Waals surface area contributed by atoms with E-state index in [1.807, 2.05) is 50.2 Å². The van der Waals surface area contributed by atoms with Crippen molar-refractivity contribution in [2.45, 2.75) is 75.6 Å². The van der Waals surface area contributed by atoms with Gasteiger partial charge in [0.1, 0.15) is 18.8 Å². The Labute approximate surface area is 307 Å². The van der Waals surface area contributed by atoms with E-state index in [0.717, 1.165) is 43.2 Å². The number of carbonyl (C=O) groups excluding carboxylic acids is 1. The van der Waals surface area contributed by atoms with Crippen LogP contribution in [0.25, 0.3) is 0 Å². The second kappa shape index (κ2) is 15.8. The van der Waals surface area contributed by atoms with Crippen LogP contribution in [0.2, 0.25) is 15.1 Å². The van der Waals surface area contributed by atoms with Gasteiger partial charge in [-0.2, -0.15) is 4.98 Å². The van der Waals surface area contributed by atoms with E-state index in [1.54, 1.807) is 22.9 Å². The molecule has 252 valence electrons. The number of halogens is 4. The van der Waals surface area contributed by atoms with E-state index in [4.69, 9.17) is 59.1 Å². The number of ether oxygens (including phenoxy) is 3. The predicted molar refractivity (Wildman–Crippen MR) is 195 cm³/mol. The molecule has 1 aliphatic carbocycles. The molecule has 2 aliphatic rings. The Bertz CT molecular complexity index is 1830. The molecular formula is C35H34BrCl3N4O4S. The Kier molecular flexibility index (Phi) is 11.5. The number of hydrogen-bond acceptors (Lipinski definition) is 8. The maximum absolute atomic E-state index is 14.0. The molecule has 2 heterocycles. The van der Waals surface area contributed by atoms with Crippen molar-refractivity contribution >= 4 is 74.4 Å². The van der Waals surface area contributed by atoms with E-state index in [-0.39, 0.29) is 18.7 Å². The first-order chi connectivity index (χ1) is 23.2. The van der Waals surface area contributed by atoms with Crippen molar-refractivity contribution in [2.75, 3.05) is 11.9 Å². The molecular weight excluding hydrogens is 759 g/mol. The van der Waals surface area contributed by atoms with Gasteiger partial charge in [0.25, 0.3) is 0 Å². The molecule has 4 aromatic rings. The van der Waals surface area contributed by atoms with E-state index in [2.05, 4.69) is 21.2 Å². The Morgan fingerprint density at radius 1 is 1.02 bits per heavy atom. The van der Waals surface area contributed by atoms with Gasteiger partial charge in [-0.05, 0) is 96.9 Å². The van der Waals surface area contributed by atoms with E-state index in [0.29, 0.717) is 71.3 Å². The van der Waals surface area contributed by atoms with E-state index < -0.39 is 6.04 Å². The number of fused-ring (bicyclic) bond motifs is 1. The SMILES string of the molecule is CCOc1cc(C2C(C(=O)OC3CCCCC3)=C(C)Nc3nc(SCc4ccccc4Cl)nn32)cc(Br)c1OCc1c(Cl)cccc1Cl. The lowest BCUT2D eigenvalue weighted by Crippen LogP contribution is -2.32. The minimum atomic E-state index is -0.665. The second-order valence-electron chi connectivity index (χ2n) is 11.5. The van der Waals surface area contributed by atoms with Crippen molar-refractivity contribution in [1.82, 2.24) is 14.8 Å². The lowest BCUT2D eigenvalue weighted by atomic mass is 9.94. The molecule has 1 aliphatic heterocycles. The van der Waals surface area contributed by atoms with Gasteiger partial charge in [-0.25, -0.2) is 9.48 Å². The summed E-state index contributed by atoms with van der Waals surface area (Å²) < 4.78 is 20.8. The minimum Gasteiger partial charge on any atom is -0.490 e. The average Bonchev–Trinajstić information content (AvgIpc) is 3.47. The van der Waals surface area contributed by atoms with Gasteiger partial charge in [-0.15, -0.1) is 5.10 Å². The molecule has 0 amide bonds. The number of hydrogen-bond donors (Lipinski definition) is 1. The summed E-state index contributed by atoms with van der Waals surface area (Å²) in [6.07, 6.45) is 4.83. The molecule has 1 unspecified atom stereocenters. The minimum absolute atomic E-state index is 0.121. The van der Waals surface area contributed by atoms with Crippen molar-refractivity contribution in [3.63, 3.8) is 0 Å².